The summed E-state index contributed by atoms with van der Waals surface area (Å²) in [6.45, 7) is 0. The number of nitrogens with zero attached hydrogens (tertiary/aromatic N) is 2. The maximum atomic E-state index is 12.0. The molecule has 0 atom stereocenters. The molecule has 0 fully saturated rings. The average Bonchev–Trinajstić information content (AvgIpc) is 2.48. The number of carbonyl (C=O) groups is 1. The van der Waals surface area contributed by atoms with Gasteiger partial charge in [0.2, 0.25) is 0 Å². The summed E-state index contributed by atoms with van der Waals surface area (Å²) in [5.41, 5.74) is 1.99. The molecule has 2 rings (SSSR count). The van der Waals surface area contributed by atoms with Crippen LogP contribution in [0.5, 0.6) is 0 Å². The summed E-state index contributed by atoms with van der Waals surface area (Å²) in [4.78, 5) is 12.0. The fraction of sp³-hybridized carbons (Fsp3) is 0. The molecule has 0 saturated carbocycles. The Kier molecular flexibility index (Phi) is 3.56. The van der Waals surface area contributed by atoms with E-state index in [0.717, 1.165) is 0 Å². The number of hydrogen-bond donors (Lipinski definition) is 1. The molecule has 0 radical (unpaired) electrons. The largest absolute Gasteiger partial charge is 0.322 e. The normalized spacial score (nSPS) is 9.16. The van der Waals surface area contributed by atoms with Gasteiger partial charge in [-0.05, 0) is 42.5 Å². The molecule has 0 aliphatic rings. The standard InChI is InChI=1S/C15H9N3O/c16-9-11-4-6-14(7-5-11)18-15(19)13-3-1-2-12(8-13)10-17/h1-8H,(H,18,19). The SMILES string of the molecule is N#Cc1ccc(NC(=O)c2cccc(C#N)c2)cc1. The second-order valence-electron chi connectivity index (χ2n) is 3.84. The van der Waals surface area contributed by atoms with Gasteiger partial charge in [0.25, 0.3) is 5.91 Å². The molecule has 0 spiro atoms. The van der Waals surface area contributed by atoms with Crippen molar-refractivity contribution in [3.8, 4) is 12.1 Å². The molecule has 0 unspecified atom stereocenters. The second kappa shape index (κ2) is 5.48. The maximum Gasteiger partial charge on any atom is 0.255 e. The summed E-state index contributed by atoms with van der Waals surface area (Å²) >= 11 is 0. The quantitative estimate of drug-likeness (QED) is 0.886. The molecule has 19 heavy (non-hydrogen) atoms. The molecule has 2 aromatic rings. The number of anilines is 1. The number of benzene rings is 2. The van der Waals surface area contributed by atoms with Crippen LogP contribution in [0.2, 0.25) is 0 Å². The van der Waals surface area contributed by atoms with Crippen molar-refractivity contribution in [2.75, 3.05) is 5.32 Å². The van der Waals surface area contributed by atoms with Crippen molar-refractivity contribution in [3.05, 3.63) is 65.2 Å². The Hall–Kier alpha value is -3.11. The van der Waals surface area contributed by atoms with E-state index in [4.69, 9.17) is 10.5 Å². The smallest absolute Gasteiger partial charge is 0.255 e. The third-order valence-corrected chi connectivity index (χ3v) is 2.53. The molecule has 0 saturated heterocycles. The number of carbonyl (C=O) groups excluding carboxylic acids is 1. The zero-order valence-corrected chi connectivity index (χ0v) is 9.92. The van der Waals surface area contributed by atoms with E-state index in [1.165, 1.54) is 6.07 Å². The fourth-order valence-electron chi connectivity index (χ4n) is 1.56. The molecule has 90 valence electrons. The van der Waals surface area contributed by atoms with Crippen LogP contribution in [0, 0.1) is 22.7 Å². The molecule has 0 aliphatic carbocycles. The van der Waals surface area contributed by atoms with Crippen LogP contribution in [0.4, 0.5) is 5.69 Å². The summed E-state index contributed by atoms with van der Waals surface area (Å²) in [7, 11) is 0. The van der Waals surface area contributed by atoms with Crippen molar-refractivity contribution >= 4 is 11.6 Å². The van der Waals surface area contributed by atoms with E-state index in [1.54, 1.807) is 42.5 Å². The highest BCUT2D eigenvalue weighted by Crippen LogP contribution is 2.11. The fourth-order valence-corrected chi connectivity index (χ4v) is 1.56. The lowest BCUT2D eigenvalue weighted by Crippen LogP contribution is -2.11. The van der Waals surface area contributed by atoms with E-state index in [2.05, 4.69) is 5.32 Å². The van der Waals surface area contributed by atoms with E-state index in [0.29, 0.717) is 22.4 Å². The van der Waals surface area contributed by atoms with Crippen LogP contribution < -0.4 is 5.32 Å². The first-order chi connectivity index (χ1) is 9.22. The van der Waals surface area contributed by atoms with E-state index < -0.39 is 0 Å². The molecule has 4 nitrogen and oxygen atoms in total. The highest BCUT2D eigenvalue weighted by atomic mass is 16.1. The van der Waals surface area contributed by atoms with Gasteiger partial charge in [-0.3, -0.25) is 4.79 Å². The number of hydrogen-bond acceptors (Lipinski definition) is 3. The summed E-state index contributed by atoms with van der Waals surface area (Å²) in [6, 6.07) is 17.0. The first-order valence-corrected chi connectivity index (χ1v) is 5.54. The van der Waals surface area contributed by atoms with Crippen molar-refractivity contribution in [1.29, 1.82) is 10.5 Å². The van der Waals surface area contributed by atoms with E-state index in [9.17, 15) is 4.79 Å². The topological polar surface area (TPSA) is 76.7 Å². The van der Waals surface area contributed by atoms with Crippen LogP contribution in [0.1, 0.15) is 21.5 Å². The number of rotatable bonds is 2. The van der Waals surface area contributed by atoms with Gasteiger partial charge in [0.1, 0.15) is 0 Å². The predicted molar refractivity (Wildman–Crippen MR) is 70.3 cm³/mol. The Morgan fingerprint density at radius 3 is 2.26 bits per heavy atom. The molecule has 0 aliphatic heterocycles. The zero-order chi connectivity index (χ0) is 13.7. The molecule has 0 aromatic heterocycles. The lowest BCUT2D eigenvalue weighted by Gasteiger charge is -2.05. The van der Waals surface area contributed by atoms with Gasteiger partial charge in [-0.1, -0.05) is 6.07 Å². The minimum Gasteiger partial charge on any atom is -0.322 e. The Labute approximate surface area is 110 Å². The Morgan fingerprint density at radius 1 is 0.947 bits per heavy atom. The van der Waals surface area contributed by atoms with E-state index in [1.807, 2.05) is 12.1 Å². The zero-order valence-electron chi connectivity index (χ0n) is 9.92. The Morgan fingerprint density at radius 2 is 1.63 bits per heavy atom. The lowest BCUT2D eigenvalue weighted by molar-refractivity contribution is 0.102. The van der Waals surface area contributed by atoms with Crippen LogP contribution in [-0.2, 0) is 0 Å². The van der Waals surface area contributed by atoms with Crippen molar-refractivity contribution < 1.29 is 4.79 Å². The van der Waals surface area contributed by atoms with Gasteiger partial charge in [-0.25, -0.2) is 0 Å². The van der Waals surface area contributed by atoms with Gasteiger partial charge in [-0.15, -0.1) is 0 Å². The minimum absolute atomic E-state index is 0.290. The highest BCUT2D eigenvalue weighted by molar-refractivity contribution is 6.04. The molecule has 2 aromatic carbocycles. The Bertz CT molecular complexity index is 691. The van der Waals surface area contributed by atoms with Crippen LogP contribution in [0.15, 0.2) is 48.5 Å². The number of amides is 1. The molecule has 0 bridgehead atoms. The summed E-state index contributed by atoms with van der Waals surface area (Å²) in [5.74, 6) is -0.290. The molecule has 0 heterocycles. The van der Waals surface area contributed by atoms with Crippen LogP contribution in [0.3, 0.4) is 0 Å². The summed E-state index contributed by atoms with van der Waals surface area (Å²) in [6.07, 6.45) is 0. The first kappa shape index (κ1) is 12.3. The third-order valence-electron chi connectivity index (χ3n) is 2.53. The third kappa shape index (κ3) is 2.96. The first-order valence-electron chi connectivity index (χ1n) is 5.54. The number of nitriles is 2. The average molecular weight is 247 g/mol. The predicted octanol–water partition coefficient (Wildman–Crippen LogP) is 2.68. The van der Waals surface area contributed by atoms with Gasteiger partial charge in [-0.2, -0.15) is 10.5 Å². The lowest BCUT2D eigenvalue weighted by atomic mass is 10.1. The Balaban J connectivity index is 2.16. The van der Waals surface area contributed by atoms with Gasteiger partial charge >= 0.3 is 0 Å². The van der Waals surface area contributed by atoms with Crippen molar-refractivity contribution in [2.24, 2.45) is 0 Å². The summed E-state index contributed by atoms with van der Waals surface area (Å²) in [5, 5.41) is 20.2. The van der Waals surface area contributed by atoms with Crippen molar-refractivity contribution in [3.63, 3.8) is 0 Å². The molecular formula is C15H9N3O. The van der Waals surface area contributed by atoms with Crippen LogP contribution in [-0.4, -0.2) is 5.91 Å². The van der Waals surface area contributed by atoms with Gasteiger partial charge < -0.3 is 5.32 Å². The molecule has 4 heteroatoms. The number of nitrogens with one attached hydrogen (secondary N) is 1. The van der Waals surface area contributed by atoms with Crippen molar-refractivity contribution in [1.82, 2.24) is 0 Å². The minimum atomic E-state index is -0.290. The molecule has 1 N–H and O–H groups in total. The molecular weight excluding hydrogens is 238 g/mol. The molecule has 1 amide bonds. The highest BCUT2D eigenvalue weighted by Gasteiger charge is 2.06. The van der Waals surface area contributed by atoms with Crippen LogP contribution in [0.25, 0.3) is 0 Å². The monoisotopic (exact) mass is 247 g/mol. The summed E-state index contributed by atoms with van der Waals surface area (Å²) < 4.78 is 0. The maximum absolute atomic E-state index is 12.0. The second-order valence-corrected chi connectivity index (χ2v) is 3.84. The van der Waals surface area contributed by atoms with Crippen molar-refractivity contribution in [2.45, 2.75) is 0 Å². The van der Waals surface area contributed by atoms with Gasteiger partial charge in [0.05, 0.1) is 23.3 Å². The van der Waals surface area contributed by atoms with Gasteiger partial charge in [0.15, 0.2) is 0 Å². The van der Waals surface area contributed by atoms with E-state index in [-0.39, 0.29) is 5.91 Å². The van der Waals surface area contributed by atoms with Gasteiger partial charge in [0, 0.05) is 11.3 Å². The van der Waals surface area contributed by atoms with E-state index >= 15 is 0 Å². The van der Waals surface area contributed by atoms with Crippen LogP contribution >= 0.6 is 0 Å².